The Bertz CT molecular complexity index is 621. The number of nitrogens with zero attached hydrogens (tertiary/aromatic N) is 4. The molecular weight excluding hydrogens is 190 g/mol. The van der Waals surface area contributed by atoms with E-state index in [1.165, 1.54) is 12.4 Å². The smallest absolute Gasteiger partial charge is 0.285 e. The Kier molecular flexibility index (Phi) is 1.17. The molecule has 0 radical (unpaired) electrons. The quantitative estimate of drug-likeness (QED) is 0.531. The molecule has 0 amide bonds. The fourth-order valence-electron chi connectivity index (χ4n) is 1.04. The summed E-state index contributed by atoms with van der Waals surface area (Å²) in [5.74, 6) is 0.142. The van der Waals surface area contributed by atoms with Gasteiger partial charge in [0.15, 0.2) is 11.2 Å². The lowest BCUT2D eigenvalue weighted by Crippen LogP contribution is -2.12. The Morgan fingerprint density at radius 2 is 2.07 bits per heavy atom. The SMILES string of the molecule is O=c1[nH]c(-n2oo2)nc2nccnc12. The zero-order valence-electron chi connectivity index (χ0n) is 6.67. The standard InChI is InChI=1S/C6H3N5O3/c12-5-3-4(8-2-1-7-3)9-6(10-5)11-13-14-11/h1-2H,(H,8,9,10,12). The molecule has 0 bridgehead atoms. The highest BCUT2D eigenvalue weighted by atomic mass is 17.3. The molecule has 1 N–H and O–H groups in total. The van der Waals surface area contributed by atoms with Crippen molar-refractivity contribution in [2.45, 2.75) is 0 Å². The number of aromatic nitrogens is 5. The van der Waals surface area contributed by atoms with E-state index in [1.54, 1.807) is 0 Å². The molecule has 3 heterocycles. The fraction of sp³-hybridized carbons (Fsp3) is 0. The van der Waals surface area contributed by atoms with Crippen LogP contribution in [0.15, 0.2) is 26.6 Å². The highest BCUT2D eigenvalue weighted by Gasteiger charge is 2.13. The molecule has 0 aliphatic carbocycles. The Morgan fingerprint density at radius 3 is 2.86 bits per heavy atom. The summed E-state index contributed by atoms with van der Waals surface area (Å²) < 4.78 is 8.70. The molecule has 0 aliphatic heterocycles. The Balaban J connectivity index is 2.41. The minimum Gasteiger partial charge on any atom is -0.285 e. The van der Waals surface area contributed by atoms with Crippen molar-refractivity contribution >= 4 is 11.2 Å². The van der Waals surface area contributed by atoms with Gasteiger partial charge in [-0.05, 0) is 0 Å². The second-order valence-corrected chi connectivity index (χ2v) is 2.52. The molecule has 0 aliphatic rings. The van der Waals surface area contributed by atoms with E-state index in [4.69, 9.17) is 0 Å². The van der Waals surface area contributed by atoms with Crippen LogP contribution in [-0.4, -0.2) is 24.8 Å². The van der Waals surface area contributed by atoms with E-state index in [-0.39, 0.29) is 17.1 Å². The summed E-state index contributed by atoms with van der Waals surface area (Å²) in [6.45, 7) is 0. The van der Waals surface area contributed by atoms with Gasteiger partial charge in [0, 0.05) is 12.4 Å². The van der Waals surface area contributed by atoms with E-state index < -0.39 is 5.56 Å². The molecule has 3 rings (SSSR count). The van der Waals surface area contributed by atoms with Gasteiger partial charge in [0.2, 0.25) is 0 Å². The summed E-state index contributed by atoms with van der Waals surface area (Å²) in [7, 11) is 0. The number of hydrogen-bond donors (Lipinski definition) is 1. The molecule has 3 aromatic rings. The average Bonchev–Trinajstić information content (AvgIpc) is 3.01. The molecule has 0 saturated heterocycles. The van der Waals surface area contributed by atoms with Crippen molar-refractivity contribution in [3.63, 3.8) is 0 Å². The first-order valence-electron chi connectivity index (χ1n) is 3.70. The van der Waals surface area contributed by atoms with E-state index in [2.05, 4.69) is 29.3 Å². The highest BCUT2D eigenvalue weighted by Crippen LogP contribution is 2.05. The molecule has 0 saturated carbocycles. The van der Waals surface area contributed by atoms with Crippen LogP contribution in [-0.2, 0) is 0 Å². The van der Waals surface area contributed by atoms with E-state index >= 15 is 0 Å². The molecule has 0 spiro atoms. The lowest BCUT2D eigenvalue weighted by molar-refractivity contribution is 0.264. The Labute approximate surface area is 75.0 Å². The van der Waals surface area contributed by atoms with Gasteiger partial charge < -0.3 is 0 Å². The summed E-state index contributed by atoms with van der Waals surface area (Å²) >= 11 is 0. The van der Waals surface area contributed by atoms with Gasteiger partial charge in [-0.25, -0.2) is 9.97 Å². The average molecular weight is 193 g/mol. The molecular formula is C6H3N5O3. The summed E-state index contributed by atoms with van der Waals surface area (Å²) in [5, 5.41) is 0. The normalized spacial score (nSPS) is 11.1. The molecule has 0 fully saturated rings. The minimum absolute atomic E-state index is 0.142. The highest BCUT2D eigenvalue weighted by molar-refractivity contribution is 5.67. The van der Waals surface area contributed by atoms with Crippen molar-refractivity contribution in [1.29, 1.82) is 0 Å². The van der Waals surface area contributed by atoms with Crippen molar-refractivity contribution in [3.8, 4) is 5.95 Å². The summed E-state index contributed by atoms with van der Waals surface area (Å²) in [6, 6.07) is 0. The summed E-state index contributed by atoms with van der Waals surface area (Å²) in [6.07, 6.45) is 2.87. The van der Waals surface area contributed by atoms with Crippen molar-refractivity contribution < 1.29 is 9.36 Å². The van der Waals surface area contributed by atoms with Gasteiger partial charge in [-0.1, -0.05) is 0 Å². The Hall–Kier alpha value is -2.38. The predicted octanol–water partition coefficient (Wildman–Crippen LogP) is -0.310. The van der Waals surface area contributed by atoms with E-state index in [9.17, 15) is 4.79 Å². The molecule has 70 valence electrons. The third-order valence-corrected chi connectivity index (χ3v) is 1.65. The second kappa shape index (κ2) is 2.31. The first kappa shape index (κ1) is 7.06. The molecule has 3 aromatic heterocycles. The van der Waals surface area contributed by atoms with Crippen LogP contribution >= 0.6 is 0 Å². The van der Waals surface area contributed by atoms with Crippen molar-refractivity contribution in [2.75, 3.05) is 0 Å². The van der Waals surface area contributed by atoms with Crippen molar-refractivity contribution in [2.24, 2.45) is 0 Å². The number of rotatable bonds is 1. The lowest BCUT2D eigenvalue weighted by Gasteiger charge is -1.93. The first-order chi connectivity index (χ1) is 6.84. The van der Waals surface area contributed by atoms with Crippen molar-refractivity contribution in [1.82, 2.24) is 24.8 Å². The van der Waals surface area contributed by atoms with Crippen LogP contribution in [0, 0.1) is 0 Å². The third kappa shape index (κ3) is 0.937. The number of fused-ring (bicyclic) bond motifs is 1. The third-order valence-electron chi connectivity index (χ3n) is 1.65. The maximum Gasteiger partial charge on any atom is 0.293 e. The Morgan fingerprint density at radius 1 is 1.29 bits per heavy atom. The molecule has 14 heavy (non-hydrogen) atoms. The lowest BCUT2D eigenvalue weighted by atomic mass is 10.5. The van der Waals surface area contributed by atoms with Crippen LogP contribution in [0.25, 0.3) is 17.1 Å². The first-order valence-corrected chi connectivity index (χ1v) is 3.70. The maximum atomic E-state index is 11.4. The predicted molar refractivity (Wildman–Crippen MR) is 41.8 cm³/mol. The fourth-order valence-corrected chi connectivity index (χ4v) is 1.04. The summed E-state index contributed by atoms with van der Waals surface area (Å²) in [4.78, 5) is 26.4. The van der Waals surface area contributed by atoms with Gasteiger partial charge in [0.05, 0.1) is 4.91 Å². The van der Waals surface area contributed by atoms with Crippen molar-refractivity contribution in [3.05, 3.63) is 22.7 Å². The van der Waals surface area contributed by atoms with Crippen LogP contribution in [0.2, 0.25) is 0 Å². The topological polar surface area (TPSA) is 103 Å². The molecule has 0 atom stereocenters. The molecule has 8 heteroatoms. The zero-order chi connectivity index (χ0) is 9.54. The van der Waals surface area contributed by atoms with Gasteiger partial charge in [0.1, 0.15) is 0 Å². The number of hydrogen-bond acceptors (Lipinski definition) is 6. The van der Waals surface area contributed by atoms with Crippen LogP contribution in [0.1, 0.15) is 0 Å². The van der Waals surface area contributed by atoms with Crippen LogP contribution < -0.4 is 5.56 Å². The van der Waals surface area contributed by atoms with E-state index in [0.717, 1.165) is 4.91 Å². The molecule has 8 nitrogen and oxygen atoms in total. The van der Waals surface area contributed by atoms with Crippen LogP contribution in [0.5, 0.6) is 0 Å². The zero-order valence-corrected chi connectivity index (χ0v) is 6.67. The van der Waals surface area contributed by atoms with Gasteiger partial charge in [0.25, 0.3) is 11.5 Å². The van der Waals surface area contributed by atoms with Crippen LogP contribution in [0.4, 0.5) is 0 Å². The van der Waals surface area contributed by atoms with E-state index in [1.807, 2.05) is 0 Å². The number of nitrogens with one attached hydrogen (secondary N) is 1. The van der Waals surface area contributed by atoms with E-state index in [0.29, 0.717) is 0 Å². The monoisotopic (exact) mass is 193 g/mol. The van der Waals surface area contributed by atoms with Gasteiger partial charge in [-0.2, -0.15) is 4.98 Å². The number of H-pyrrole nitrogens is 1. The van der Waals surface area contributed by atoms with Crippen LogP contribution in [0.3, 0.4) is 0 Å². The van der Waals surface area contributed by atoms with Gasteiger partial charge >= 0.3 is 0 Å². The molecule has 0 aromatic carbocycles. The minimum atomic E-state index is -0.391. The summed E-state index contributed by atoms with van der Waals surface area (Å²) in [5.41, 5.74) is 0.0284. The molecule has 0 unspecified atom stereocenters. The largest absolute Gasteiger partial charge is 0.293 e. The number of aromatic amines is 1. The maximum absolute atomic E-state index is 11.4. The van der Waals surface area contributed by atoms with Gasteiger partial charge in [-0.3, -0.25) is 9.78 Å². The second-order valence-electron chi connectivity index (χ2n) is 2.52. The van der Waals surface area contributed by atoms with Gasteiger partial charge in [-0.15, -0.1) is 9.36 Å².